The first kappa shape index (κ1) is 26.7. The predicted molar refractivity (Wildman–Crippen MR) is 133 cm³/mol. The van der Waals surface area contributed by atoms with E-state index >= 15 is 0 Å². The van der Waals surface area contributed by atoms with Gasteiger partial charge in [-0.05, 0) is 86.4 Å². The lowest BCUT2D eigenvalue weighted by Crippen LogP contribution is -2.52. The van der Waals surface area contributed by atoms with E-state index in [9.17, 15) is 14.7 Å². The van der Waals surface area contributed by atoms with Gasteiger partial charge in [-0.25, -0.2) is 0 Å². The Labute approximate surface area is 202 Å². The van der Waals surface area contributed by atoms with Crippen LogP contribution in [0.5, 0.6) is 0 Å². The Morgan fingerprint density at radius 2 is 1.82 bits per heavy atom. The van der Waals surface area contributed by atoms with Gasteiger partial charge in [-0.1, -0.05) is 53.9 Å². The number of carbonyl (C=O) groups excluding carboxylic acids is 2. The zero-order valence-corrected chi connectivity index (χ0v) is 22.2. The standard InChI is InChI=1S/C29H50O4/c1-19(2)8-7-9-20(3)25-12-13-26(29(25,6)16-17-30)24-11-10-22-18-23(33-21(4)31)14-15-28(22,5)27(24)32/h19-20,22-26,30H,7-18H2,1-6H3/t20-,22+,23+,24+,25-,26+,28+,29-/m1/s1. The maximum Gasteiger partial charge on any atom is 0.302 e. The molecule has 0 aromatic rings. The molecule has 33 heavy (non-hydrogen) atoms. The predicted octanol–water partition coefficient (Wildman–Crippen LogP) is 6.58. The first-order valence-electron chi connectivity index (χ1n) is 13.8. The van der Waals surface area contributed by atoms with Gasteiger partial charge in [0.15, 0.2) is 0 Å². The van der Waals surface area contributed by atoms with E-state index in [1.165, 1.54) is 32.6 Å². The average Bonchev–Trinajstić information content (AvgIpc) is 3.06. The second kappa shape index (κ2) is 10.8. The first-order chi connectivity index (χ1) is 15.5. The second-order valence-corrected chi connectivity index (χ2v) is 12.7. The van der Waals surface area contributed by atoms with Gasteiger partial charge < -0.3 is 9.84 Å². The minimum Gasteiger partial charge on any atom is -0.463 e. The van der Waals surface area contributed by atoms with E-state index in [0.29, 0.717) is 29.5 Å². The monoisotopic (exact) mass is 462 g/mol. The SMILES string of the molecule is CC(=O)O[C@H]1CC[C@]2(C)C(=O)[C@H]([C@@H]3CC[C@H]([C@H](C)CCCC(C)C)[C@@]3(C)CCO)CC[C@H]2C1. The van der Waals surface area contributed by atoms with Crippen molar-refractivity contribution in [2.75, 3.05) is 6.61 Å². The van der Waals surface area contributed by atoms with Crippen molar-refractivity contribution in [3.05, 3.63) is 0 Å². The highest BCUT2D eigenvalue weighted by Crippen LogP contribution is 2.60. The van der Waals surface area contributed by atoms with E-state index in [4.69, 9.17) is 4.74 Å². The van der Waals surface area contributed by atoms with E-state index in [-0.39, 0.29) is 35.4 Å². The summed E-state index contributed by atoms with van der Waals surface area (Å²) < 4.78 is 5.52. The minimum atomic E-state index is -0.277. The van der Waals surface area contributed by atoms with E-state index in [1.807, 2.05) is 0 Å². The molecule has 3 aliphatic carbocycles. The Kier molecular flexibility index (Phi) is 8.73. The summed E-state index contributed by atoms with van der Waals surface area (Å²) in [6.45, 7) is 13.3. The zero-order chi connectivity index (χ0) is 24.4. The summed E-state index contributed by atoms with van der Waals surface area (Å²) in [4.78, 5) is 25.5. The number of aliphatic hydroxyl groups is 1. The van der Waals surface area contributed by atoms with Crippen molar-refractivity contribution in [2.24, 2.45) is 46.3 Å². The fraction of sp³-hybridized carbons (Fsp3) is 0.931. The fourth-order valence-electron chi connectivity index (χ4n) is 8.33. The Hall–Kier alpha value is -0.900. The maximum atomic E-state index is 14.0. The van der Waals surface area contributed by atoms with Crippen LogP contribution < -0.4 is 0 Å². The van der Waals surface area contributed by atoms with Crippen LogP contribution in [0.15, 0.2) is 0 Å². The largest absolute Gasteiger partial charge is 0.463 e. The number of carbonyl (C=O) groups is 2. The number of hydrogen-bond donors (Lipinski definition) is 1. The number of hydrogen-bond acceptors (Lipinski definition) is 4. The zero-order valence-electron chi connectivity index (χ0n) is 22.2. The number of ether oxygens (including phenoxy) is 1. The summed E-state index contributed by atoms with van der Waals surface area (Å²) in [5.74, 6) is 3.11. The van der Waals surface area contributed by atoms with Crippen LogP contribution in [0.25, 0.3) is 0 Å². The molecule has 0 aliphatic heterocycles. The van der Waals surface area contributed by atoms with Crippen molar-refractivity contribution >= 4 is 11.8 Å². The maximum absolute atomic E-state index is 14.0. The number of aliphatic hydroxyl groups excluding tert-OH is 1. The second-order valence-electron chi connectivity index (χ2n) is 12.7. The molecule has 0 saturated heterocycles. The summed E-state index contributed by atoms with van der Waals surface area (Å²) in [6.07, 6.45) is 11.4. The minimum absolute atomic E-state index is 0.0212. The van der Waals surface area contributed by atoms with Gasteiger partial charge in [0.1, 0.15) is 11.9 Å². The van der Waals surface area contributed by atoms with Gasteiger partial charge in [0.25, 0.3) is 0 Å². The van der Waals surface area contributed by atoms with Gasteiger partial charge >= 0.3 is 5.97 Å². The molecule has 4 heteroatoms. The molecule has 0 amide bonds. The summed E-state index contributed by atoms with van der Waals surface area (Å²) in [7, 11) is 0. The topological polar surface area (TPSA) is 63.6 Å². The Bertz CT molecular complexity index is 687. The summed E-state index contributed by atoms with van der Waals surface area (Å²) in [5.41, 5.74) is -0.231. The Morgan fingerprint density at radius 1 is 1.09 bits per heavy atom. The van der Waals surface area contributed by atoms with E-state index in [2.05, 4.69) is 34.6 Å². The van der Waals surface area contributed by atoms with Gasteiger partial charge in [-0.2, -0.15) is 0 Å². The molecular weight excluding hydrogens is 412 g/mol. The van der Waals surface area contributed by atoms with Crippen LogP contribution in [0.1, 0.15) is 112 Å². The molecule has 0 radical (unpaired) electrons. The fourth-order valence-corrected chi connectivity index (χ4v) is 8.33. The lowest BCUT2D eigenvalue weighted by atomic mass is 9.52. The molecule has 3 fully saturated rings. The Morgan fingerprint density at radius 3 is 2.45 bits per heavy atom. The van der Waals surface area contributed by atoms with Crippen molar-refractivity contribution in [2.45, 2.75) is 118 Å². The molecule has 0 aromatic carbocycles. The molecule has 4 nitrogen and oxygen atoms in total. The highest BCUT2D eigenvalue weighted by atomic mass is 16.5. The lowest BCUT2D eigenvalue weighted by Gasteiger charge is -2.51. The van der Waals surface area contributed by atoms with Crippen molar-refractivity contribution in [1.29, 1.82) is 0 Å². The first-order valence-corrected chi connectivity index (χ1v) is 13.8. The van der Waals surface area contributed by atoms with E-state index in [0.717, 1.165) is 50.9 Å². The van der Waals surface area contributed by atoms with Crippen molar-refractivity contribution in [3.63, 3.8) is 0 Å². The Balaban J connectivity index is 1.73. The third-order valence-corrected chi connectivity index (χ3v) is 10.2. The molecular formula is C29H50O4. The quantitative estimate of drug-likeness (QED) is 0.393. The molecule has 0 bridgehead atoms. The van der Waals surface area contributed by atoms with Gasteiger partial charge in [-0.3, -0.25) is 9.59 Å². The van der Waals surface area contributed by atoms with Gasteiger partial charge in [0.2, 0.25) is 0 Å². The number of fused-ring (bicyclic) bond motifs is 1. The van der Waals surface area contributed by atoms with Gasteiger partial charge in [0.05, 0.1) is 0 Å². The van der Waals surface area contributed by atoms with Crippen molar-refractivity contribution < 1.29 is 19.4 Å². The molecule has 8 atom stereocenters. The number of rotatable bonds is 9. The van der Waals surface area contributed by atoms with Gasteiger partial charge in [-0.15, -0.1) is 0 Å². The lowest BCUT2D eigenvalue weighted by molar-refractivity contribution is -0.158. The summed E-state index contributed by atoms with van der Waals surface area (Å²) in [6, 6.07) is 0. The highest BCUT2D eigenvalue weighted by Gasteiger charge is 2.57. The summed E-state index contributed by atoms with van der Waals surface area (Å²) in [5, 5.41) is 10.0. The molecule has 3 aliphatic rings. The van der Waals surface area contributed by atoms with Crippen molar-refractivity contribution in [1.82, 2.24) is 0 Å². The third kappa shape index (κ3) is 5.52. The van der Waals surface area contributed by atoms with Crippen LogP contribution in [0.3, 0.4) is 0 Å². The molecule has 190 valence electrons. The third-order valence-electron chi connectivity index (χ3n) is 10.2. The van der Waals surface area contributed by atoms with E-state index in [1.54, 1.807) is 0 Å². The summed E-state index contributed by atoms with van der Waals surface area (Å²) >= 11 is 0. The van der Waals surface area contributed by atoms with Crippen LogP contribution in [0.4, 0.5) is 0 Å². The average molecular weight is 463 g/mol. The molecule has 0 spiro atoms. The highest BCUT2D eigenvalue weighted by molar-refractivity contribution is 5.88. The van der Waals surface area contributed by atoms with Crippen LogP contribution in [0, 0.1) is 46.3 Å². The van der Waals surface area contributed by atoms with Crippen LogP contribution in [-0.4, -0.2) is 29.6 Å². The number of Topliss-reactive ketones (excluding diaryl/α,β-unsaturated/α-hetero) is 1. The number of ketones is 1. The molecule has 3 rings (SSSR count). The smallest absolute Gasteiger partial charge is 0.302 e. The molecule has 1 N–H and O–H groups in total. The molecule has 0 heterocycles. The van der Waals surface area contributed by atoms with Crippen molar-refractivity contribution in [3.8, 4) is 0 Å². The van der Waals surface area contributed by atoms with Crippen LogP contribution in [0.2, 0.25) is 0 Å². The molecule has 3 saturated carbocycles. The van der Waals surface area contributed by atoms with E-state index < -0.39 is 0 Å². The normalized spacial score (nSPS) is 40.0. The molecule has 0 aromatic heterocycles. The number of esters is 1. The van der Waals surface area contributed by atoms with Crippen LogP contribution >= 0.6 is 0 Å². The molecule has 0 unspecified atom stereocenters. The van der Waals surface area contributed by atoms with Gasteiger partial charge in [0, 0.05) is 24.9 Å². The van der Waals surface area contributed by atoms with Crippen LogP contribution in [-0.2, 0) is 14.3 Å².